The van der Waals surface area contributed by atoms with Gasteiger partial charge in [0.15, 0.2) is 0 Å². The average Bonchev–Trinajstić information content (AvgIpc) is 2.72. The minimum absolute atomic E-state index is 0.344. The van der Waals surface area contributed by atoms with Gasteiger partial charge in [0.2, 0.25) is 0 Å². The zero-order valence-electron chi connectivity index (χ0n) is 12.7. The normalized spacial score (nSPS) is 37.2. The highest BCUT2D eigenvalue weighted by molar-refractivity contribution is 7.80. The number of hydrogen-bond donors (Lipinski definition) is 1. The van der Waals surface area contributed by atoms with Crippen LogP contribution in [0.15, 0.2) is 30.3 Å². The molecule has 2 atom stereocenters. The van der Waals surface area contributed by atoms with Crippen molar-refractivity contribution in [2.24, 2.45) is 23.2 Å². The first-order chi connectivity index (χ1) is 10.2. The Labute approximate surface area is 133 Å². The van der Waals surface area contributed by atoms with Gasteiger partial charge in [0.05, 0.1) is 4.99 Å². The second-order valence-electron chi connectivity index (χ2n) is 7.71. The lowest BCUT2D eigenvalue weighted by atomic mass is 9.58. The Hall–Kier alpha value is -0.890. The Morgan fingerprint density at radius 3 is 2.29 bits per heavy atom. The van der Waals surface area contributed by atoms with Crippen molar-refractivity contribution in [1.82, 2.24) is 5.32 Å². The van der Waals surface area contributed by atoms with Crippen molar-refractivity contribution in [3.8, 4) is 0 Å². The standard InChI is InChI=1S/C19H25NS/c21-18(20-13-14-4-2-1-3-5-14)19-10-15-6-7-16(11-19)9-17(8-15)12-19/h1-5,15-17H,6-13H2,(H,20,21). The van der Waals surface area contributed by atoms with Crippen LogP contribution >= 0.6 is 12.2 Å². The molecule has 0 radical (unpaired) electrons. The Kier molecular flexibility index (Phi) is 3.53. The fourth-order valence-corrected chi connectivity index (χ4v) is 5.76. The molecule has 2 heteroatoms. The first-order valence-electron chi connectivity index (χ1n) is 8.56. The first-order valence-corrected chi connectivity index (χ1v) is 8.97. The van der Waals surface area contributed by atoms with Crippen LogP contribution in [0.2, 0.25) is 0 Å². The topological polar surface area (TPSA) is 12.0 Å². The Balaban J connectivity index is 1.48. The SMILES string of the molecule is S=C(NCc1ccccc1)C12CC3CCC(CC(C3)C1)C2. The Morgan fingerprint density at radius 2 is 1.62 bits per heavy atom. The summed E-state index contributed by atoms with van der Waals surface area (Å²) >= 11 is 5.89. The van der Waals surface area contributed by atoms with Crippen molar-refractivity contribution in [1.29, 1.82) is 0 Å². The van der Waals surface area contributed by atoms with Crippen LogP contribution < -0.4 is 5.32 Å². The lowest BCUT2D eigenvalue weighted by molar-refractivity contribution is 0.0895. The van der Waals surface area contributed by atoms with E-state index in [-0.39, 0.29) is 0 Å². The third-order valence-corrected chi connectivity index (χ3v) is 6.71. The van der Waals surface area contributed by atoms with E-state index in [1.54, 1.807) is 0 Å². The molecule has 4 bridgehead atoms. The van der Waals surface area contributed by atoms with Crippen LogP contribution in [0.3, 0.4) is 0 Å². The van der Waals surface area contributed by atoms with Crippen molar-refractivity contribution >= 4 is 17.2 Å². The largest absolute Gasteiger partial charge is 0.375 e. The lowest BCUT2D eigenvalue weighted by Gasteiger charge is -2.48. The summed E-state index contributed by atoms with van der Waals surface area (Å²) in [6, 6.07) is 10.7. The number of rotatable bonds is 3. The second-order valence-corrected chi connectivity index (χ2v) is 8.12. The number of thiocarbonyl (C=S) groups is 1. The van der Waals surface area contributed by atoms with Crippen LogP contribution in [0, 0.1) is 23.2 Å². The first kappa shape index (κ1) is 13.8. The third-order valence-electron chi connectivity index (χ3n) is 6.13. The number of benzene rings is 1. The van der Waals surface area contributed by atoms with Crippen molar-refractivity contribution in [2.45, 2.75) is 51.5 Å². The van der Waals surface area contributed by atoms with Crippen LogP contribution in [-0.2, 0) is 6.54 Å². The summed E-state index contributed by atoms with van der Waals surface area (Å²) in [6.07, 6.45) is 9.98. The van der Waals surface area contributed by atoms with Crippen LogP contribution in [0.5, 0.6) is 0 Å². The smallest absolute Gasteiger partial charge is 0.0819 e. The van der Waals surface area contributed by atoms with E-state index in [4.69, 9.17) is 12.2 Å². The maximum atomic E-state index is 5.89. The predicted octanol–water partition coefficient (Wildman–Crippen LogP) is 4.71. The minimum Gasteiger partial charge on any atom is -0.375 e. The highest BCUT2D eigenvalue weighted by Gasteiger charge is 2.50. The molecule has 1 aromatic carbocycles. The van der Waals surface area contributed by atoms with E-state index in [1.807, 2.05) is 0 Å². The van der Waals surface area contributed by atoms with E-state index in [2.05, 4.69) is 35.6 Å². The molecule has 0 aromatic heterocycles. The van der Waals surface area contributed by atoms with E-state index >= 15 is 0 Å². The highest BCUT2D eigenvalue weighted by atomic mass is 32.1. The Morgan fingerprint density at radius 1 is 1.00 bits per heavy atom. The predicted molar refractivity (Wildman–Crippen MR) is 91.1 cm³/mol. The molecule has 21 heavy (non-hydrogen) atoms. The molecular weight excluding hydrogens is 274 g/mol. The molecular formula is C19H25NS. The molecule has 0 spiro atoms. The number of nitrogens with one attached hydrogen (secondary N) is 1. The molecule has 4 aliphatic carbocycles. The van der Waals surface area contributed by atoms with Gasteiger partial charge in [-0.25, -0.2) is 0 Å². The summed E-state index contributed by atoms with van der Waals surface area (Å²) in [5, 5.41) is 3.62. The van der Waals surface area contributed by atoms with Crippen molar-refractivity contribution in [3.05, 3.63) is 35.9 Å². The lowest BCUT2D eigenvalue weighted by Crippen LogP contribution is -2.47. The monoisotopic (exact) mass is 299 g/mol. The van der Waals surface area contributed by atoms with Crippen molar-refractivity contribution in [2.75, 3.05) is 0 Å². The Bertz CT molecular complexity index is 508. The summed E-state index contributed by atoms with van der Waals surface area (Å²) < 4.78 is 0. The van der Waals surface area contributed by atoms with E-state index in [1.165, 1.54) is 55.5 Å². The maximum absolute atomic E-state index is 5.89. The van der Waals surface area contributed by atoms with Crippen LogP contribution in [0.25, 0.3) is 0 Å². The quantitative estimate of drug-likeness (QED) is 0.811. The highest BCUT2D eigenvalue weighted by Crippen LogP contribution is 2.58. The zero-order valence-corrected chi connectivity index (χ0v) is 13.5. The van der Waals surface area contributed by atoms with E-state index in [9.17, 15) is 0 Å². The number of hydrogen-bond acceptors (Lipinski definition) is 1. The molecule has 4 aliphatic rings. The van der Waals surface area contributed by atoms with Gasteiger partial charge in [-0.1, -0.05) is 55.4 Å². The zero-order chi connectivity index (χ0) is 14.3. The summed E-state index contributed by atoms with van der Waals surface area (Å²) in [4.78, 5) is 1.17. The summed E-state index contributed by atoms with van der Waals surface area (Å²) in [6.45, 7) is 0.890. The van der Waals surface area contributed by atoms with Gasteiger partial charge in [-0.05, 0) is 55.4 Å². The molecule has 1 aromatic rings. The molecule has 1 nitrogen and oxygen atoms in total. The van der Waals surface area contributed by atoms with Crippen molar-refractivity contribution in [3.63, 3.8) is 0 Å². The molecule has 4 fully saturated rings. The molecule has 0 heterocycles. The fourth-order valence-electron chi connectivity index (χ4n) is 5.44. The average molecular weight is 299 g/mol. The molecule has 4 saturated carbocycles. The molecule has 0 amide bonds. The van der Waals surface area contributed by atoms with Gasteiger partial charge in [0, 0.05) is 12.0 Å². The van der Waals surface area contributed by atoms with Gasteiger partial charge in [-0.3, -0.25) is 0 Å². The van der Waals surface area contributed by atoms with Gasteiger partial charge in [-0.2, -0.15) is 0 Å². The van der Waals surface area contributed by atoms with Crippen LogP contribution in [-0.4, -0.2) is 4.99 Å². The molecule has 5 rings (SSSR count). The van der Waals surface area contributed by atoms with Gasteiger partial charge in [0.25, 0.3) is 0 Å². The van der Waals surface area contributed by atoms with E-state index in [0.717, 1.165) is 24.3 Å². The summed E-state index contributed by atoms with van der Waals surface area (Å²) in [5.74, 6) is 2.86. The van der Waals surface area contributed by atoms with Gasteiger partial charge >= 0.3 is 0 Å². The van der Waals surface area contributed by atoms with Crippen LogP contribution in [0.4, 0.5) is 0 Å². The maximum Gasteiger partial charge on any atom is 0.0819 e. The second kappa shape index (κ2) is 5.39. The molecule has 1 N–H and O–H groups in total. The van der Waals surface area contributed by atoms with Gasteiger partial charge < -0.3 is 5.32 Å². The van der Waals surface area contributed by atoms with Gasteiger partial charge in [0.1, 0.15) is 0 Å². The molecule has 0 saturated heterocycles. The van der Waals surface area contributed by atoms with Crippen LogP contribution in [0.1, 0.15) is 50.5 Å². The third kappa shape index (κ3) is 2.63. The summed E-state index contributed by atoms with van der Waals surface area (Å²) in [7, 11) is 0. The summed E-state index contributed by atoms with van der Waals surface area (Å²) in [5.41, 5.74) is 1.68. The van der Waals surface area contributed by atoms with E-state index < -0.39 is 0 Å². The molecule has 112 valence electrons. The molecule has 2 unspecified atom stereocenters. The van der Waals surface area contributed by atoms with E-state index in [0.29, 0.717) is 5.41 Å². The minimum atomic E-state index is 0.344. The fraction of sp³-hybridized carbons (Fsp3) is 0.632. The van der Waals surface area contributed by atoms with Gasteiger partial charge in [-0.15, -0.1) is 0 Å². The number of fused-ring (bicyclic) bond motifs is 1. The van der Waals surface area contributed by atoms with Crippen molar-refractivity contribution < 1.29 is 0 Å². The molecule has 0 aliphatic heterocycles.